The first-order valence-corrected chi connectivity index (χ1v) is 8.43. The van der Waals surface area contributed by atoms with Gasteiger partial charge in [-0.3, -0.25) is 9.59 Å². The van der Waals surface area contributed by atoms with Crippen LogP contribution >= 0.6 is 0 Å². The Morgan fingerprint density at radius 2 is 1.76 bits per heavy atom. The monoisotopic (exact) mass is 337 g/mol. The average Bonchev–Trinajstić information content (AvgIpc) is 3.22. The molecule has 0 aliphatic carbocycles. The standard InChI is InChI=1S/C20H19NO4/c22-19-16(20(23)25-12-14-7-3-1-4-8-14)11-18-21(19)17(13-24-18)15-9-5-2-6-10-15/h1-10,16-18H,11-13H2/t16?,17-,18-/m1/s1. The van der Waals surface area contributed by atoms with Crippen molar-refractivity contribution in [3.63, 3.8) is 0 Å². The van der Waals surface area contributed by atoms with E-state index in [4.69, 9.17) is 9.47 Å². The Balaban J connectivity index is 1.43. The van der Waals surface area contributed by atoms with Gasteiger partial charge in [0.2, 0.25) is 5.91 Å². The summed E-state index contributed by atoms with van der Waals surface area (Å²) in [5.41, 5.74) is 1.93. The van der Waals surface area contributed by atoms with Crippen LogP contribution in [0.15, 0.2) is 60.7 Å². The van der Waals surface area contributed by atoms with Gasteiger partial charge in [-0.2, -0.15) is 0 Å². The van der Waals surface area contributed by atoms with Gasteiger partial charge in [-0.15, -0.1) is 0 Å². The minimum absolute atomic E-state index is 0.134. The van der Waals surface area contributed by atoms with Gasteiger partial charge in [0.05, 0.1) is 12.6 Å². The van der Waals surface area contributed by atoms with Crippen LogP contribution in [-0.2, 0) is 25.7 Å². The van der Waals surface area contributed by atoms with Gasteiger partial charge in [0.25, 0.3) is 0 Å². The minimum Gasteiger partial charge on any atom is -0.460 e. The maximum Gasteiger partial charge on any atom is 0.319 e. The summed E-state index contributed by atoms with van der Waals surface area (Å²) in [7, 11) is 0. The molecular formula is C20H19NO4. The maximum absolute atomic E-state index is 12.8. The summed E-state index contributed by atoms with van der Waals surface area (Å²) in [4.78, 5) is 26.8. The van der Waals surface area contributed by atoms with E-state index < -0.39 is 11.9 Å². The summed E-state index contributed by atoms with van der Waals surface area (Å²) in [6.07, 6.45) is 0.0162. The molecule has 2 heterocycles. The van der Waals surface area contributed by atoms with Crippen LogP contribution < -0.4 is 0 Å². The molecule has 2 aromatic rings. The molecule has 0 aromatic heterocycles. The maximum atomic E-state index is 12.8. The second kappa shape index (κ2) is 6.69. The highest BCUT2D eigenvalue weighted by molar-refractivity contribution is 5.99. The lowest BCUT2D eigenvalue weighted by Crippen LogP contribution is -2.34. The molecule has 0 N–H and O–H groups in total. The number of carbonyl (C=O) groups excluding carboxylic acids is 2. The number of carbonyl (C=O) groups is 2. The smallest absolute Gasteiger partial charge is 0.319 e. The SMILES string of the molecule is O=C(OCc1ccccc1)C1C[C@H]2OC[C@H](c3ccccc3)N2C1=O. The van der Waals surface area contributed by atoms with Crippen LogP contribution in [0.2, 0.25) is 0 Å². The number of rotatable bonds is 4. The summed E-state index contributed by atoms with van der Waals surface area (Å²) in [6, 6.07) is 19.1. The first kappa shape index (κ1) is 15.8. The van der Waals surface area contributed by atoms with Crippen molar-refractivity contribution in [2.45, 2.75) is 25.3 Å². The zero-order valence-corrected chi connectivity index (χ0v) is 13.7. The number of benzene rings is 2. The molecule has 0 spiro atoms. The largest absolute Gasteiger partial charge is 0.460 e. The molecule has 2 aliphatic rings. The highest BCUT2D eigenvalue weighted by Crippen LogP contribution is 2.39. The fraction of sp³-hybridized carbons (Fsp3) is 0.300. The van der Waals surface area contributed by atoms with E-state index in [9.17, 15) is 9.59 Å². The van der Waals surface area contributed by atoms with E-state index in [1.54, 1.807) is 4.90 Å². The van der Waals surface area contributed by atoms with Gasteiger partial charge < -0.3 is 14.4 Å². The molecule has 2 aliphatic heterocycles. The van der Waals surface area contributed by atoms with E-state index in [-0.39, 0.29) is 24.8 Å². The van der Waals surface area contributed by atoms with Crippen LogP contribution in [0.5, 0.6) is 0 Å². The Hall–Kier alpha value is -2.66. The predicted octanol–water partition coefficient (Wildman–Crippen LogP) is 2.68. The van der Waals surface area contributed by atoms with E-state index in [0.717, 1.165) is 11.1 Å². The number of nitrogens with zero attached hydrogens (tertiary/aromatic N) is 1. The highest BCUT2D eigenvalue weighted by Gasteiger charge is 2.51. The first-order valence-electron chi connectivity index (χ1n) is 8.43. The molecule has 2 saturated heterocycles. The summed E-state index contributed by atoms with van der Waals surface area (Å²) >= 11 is 0. The van der Waals surface area contributed by atoms with E-state index in [2.05, 4.69) is 0 Å². The van der Waals surface area contributed by atoms with Gasteiger partial charge in [-0.25, -0.2) is 0 Å². The molecule has 2 fully saturated rings. The molecule has 0 saturated carbocycles. The Morgan fingerprint density at radius 3 is 2.48 bits per heavy atom. The Kier molecular flexibility index (Phi) is 4.24. The van der Waals surface area contributed by atoms with Gasteiger partial charge in [-0.1, -0.05) is 60.7 Å². The Bertz CT molecular complexity index is 762. The van der Waals surface area contributed by atoms with Crippen molar-refractivity contribution in [2.75, 3.05) is 6.61 Å². The minimum atomic E-state index is -0.778. The number of fused-ring (bicyclic) bond motifs is 1. The van der Waals surface area contributed by atoms with E-state index in [0.29, 0.717) is 13.0 Å². The van der Waals surface area contributed by atoms with Crippen molar-refractivity contribution in [1.29, 1.82) is 0 Å². The van der Waals surface area contributed by atoms with Crippen molar-refractivity contribution < 1.29 is 19.1 Å². The van der Waals surface area contributed by atoms with Crippen molar-refractivity contribution in [3.05, 3.63) is 71.8 Å². The molecular weight excluding hydrogens is 318 g/mol. The zero-order chi connectivity index (χ0) is 17.2. The van der Waals surface area contributed by atoms with Crippen LogP contribution in [0.1, 0.15) is 23.6 Å². The van der Waals surface area contributed by atoms with Crippen LogP contribution in [-0.4, -0.2) is 29.6 Å². The van der Waals surface area contributed by atoms with E-state index >= 15 is 0 Å². The fourth-order valence-electron chi connectivity index (χ4n) is 3.48. The summed E-state index contributed by atoms with van der Waals surface area (Å²) < 4.78 is 11.1. The normalized spacial score (nSPS) is 25.0. The van der Waals surface area contributed by atoms with Crippen LogP contribution in [0.3, 0.4) is 0 Å². The van der Waals surface area contributed by atoms with Crippen molar-refractivity contribution in [2.24, 2.45) is 5.92 Å². The quantitative estimate of drug-likeness (QED) is 0.636. The molecule has 3 atom stereocenters. The lowest BCUT2D eigenvalue weighted by atomic mass is 10.1. The van der Waals surface area contributed by atoms with Crippen LogP contribution in [0.4, 0.5) is 0 Å². The lowest BCUT2D eigenvalue weighted by Gasteiger charge is -2.22. The summed E-state index contributed by atoms with van der Waals surface area (Å²) in [5.74, 6) is -1.45. The van der Waals surface area contributed by atoms with Crippen LogP contribution in [0, 0.1) is 5.92 Å². The summed E-state index contributed by atoms with van der Waals surface area (Å²) in [6.45, 7) is 0.642. The molecule has 128 valence electrons. The second-order valence-corrected chi connectivity index (χ2v) is 6.34. The van der Waals surface area contributed by atoms with Crippen molar-refractivity contribution in [3.8, 4) is 0 Å². The van der Waals surface area contributed by atoms with Gasteiger partial charge in [-0.05, 0) is 11.1 Å². The zero-order valence-electron chi connectivity index (χ0n) is 13.7. The molecule has 5 heteroatoms. The molecule has 25 heavy (non-hydrogen) atoms. The van der Waals surface area contributed by atoms with Crippen molar-refractivity contribution >= 4 is 11.9 Å². The number of amides is 1. The molecule has 5 nitrogen and oxygen atoms in total. The lowest BCUT2D eigenvalue weighted by molar-refractivity contribution is -0.154. The third kappa shape index (κ3) is 3.03. The van der Waals surface area contributed by atoms with Gasteiger partial charge >= 0.3 is 5.97 Å². The third-order valence-electron chi connectivity index (χ3n) is 4.78. The third-order valence-corrected chi connectivity index (χ3v) is 4.78. The number of ether oxygens (including phenoxy) is 2. The van der Waals surface area contributed by atoms with Crippen molar-refractivity contribution in [1.82, 2.24) is 4.90 Å². The van der Waals surface area contributed by atoms with Gasteiger partial charge in [0, 0.05) is 6.42 Å². The summed E-state index contributed by atoms with van der Waals surface area (Å²) in [5, 5.41) is 0. The number of hydrogen-bond acceptors (Lipinski definition) is 4. The molecule has 2 aromatic carbocycles. The second-order valence-electron chi connectivity index (χ2n) is 6.34. The predicted molar refractivity (Wildman–Crippen MR) is 90.1 cm³/mol. The topological polar surface area (TPSA) is 55.8 Å². The van der Waals surface area contributed by atoms with E-state index in [1.807, 2.05) is 60.7 Å². The highest BCUT2D eigenvalue weighted by atomic mass is 16.5. The van der Waals surface area contributed by atoms with Gasteiger partial charge in [0.15, 0.2) is 0 Å². The Morgan fingerprint density at radius 1 is 1.08 bits per heavy atom. The average molecular weight is 337 g/mol. The Labute approximate surface area is 146 Å². The molecule has 0 radical (unpaired) electrons. The first-order chi connectivity index (χ1) is 12.2. The molecule has 4 rings (SSSR count). The van der Waals surface area contributed by atoms with Gasteiger partial charge in [0.1, 0.15) is 18.8 Å². The number of hydrogen-bond donors (Lipinski definition) is 0. The van der Waals surface area contributed by atoms with Crippen LogP contribution in [0.25, 0.3) is 0 Å². The molecule has 0 bridgehead atoms. The van der Waals surface area contributed by atoms with E-state index in [1.165, 1.54) is 0 Å². The number of esters is 1. The molecule has 1 unspecified atom stereocenters. The molecule has 1 amide bonds. The fourth-order valence-corrected chi connectivity index (χ4v) is 3.48.